The zero-order valence-electron chi connectivity index (χ0n) is 18.4. The fourth-order valence-corrected chi connectivity index (χ4v) is 4.79. The smallest absolute Gasteiger partial charge is 0.254 e. The van der Waals surface area contributed by atoms with E-state index >= 15 is 4.39 Å². The van der Waals surface area contributed by atoms with E-state index in [1.165, 1.54) is 6.07 Å². The van der Waals surface area contributed by atoms with Gasteiger partial charge in [0.05, 0.1) is 30.2 Å². The number of carbonyl (C=O) groups excluding carboxylic acids is 1. The van der Waals surface area contributed by atoms with E-state index in [0.29, 0.717) is 47.9 Å². The van der Waals surface area contributed by atoms with Crippen LogP contribution in [0.1, 0.15) is 22.5 Å². The lowest BCUT2D eigenvalue weighted by atomic mass is 10.0. The second kappa shape index (κ2) is 9.02. The molecule has 1 aromatic carbocycles. The summed E-state index contributed by atoms with van der Waals surface area (Å²) in [6, 6.07) is 8.01. The van der Waals surface area contributed by atoms with Crippen LogP contribution in [-0.2, 0) is 11.2 Å². The summed E-state index contributed by atoms with van der Waals surface area (Å²) in [6.07, 6.45) is 2.38. The van der Waals surface area contributed by atoms with Gasteiger partial charge in [0.15, 0.2) is 0 Å². The first-order chi connectivity index (χ1) is 15.9. The molecule has 5 rings (SSSR count). The summed E-state index contributed by atoms with van der Waals surface area (Å²) in [7, 11) is 2.06. The summed E-state index contributed by atoms with van der Waals surface area (Å²) in [6.45, 7) is 3.05. The Bertz CT molecular complexity index is 1200. The van der Waals surface area contributed by atoms with Crippen LogP contribution in [0.4, 0.5) is 4.39 Å². The number of halogens is 2. The first-order valence-electron chi connectivity index (χ1n) is 11.1. The Morgan fingerprint density at radius 1 is 1.27 bits per heavy atom. The number of hydrogen-bond donors (Lipinski definition) is 1. The molecule has 2 fully saturated rings. The average molecular weight is 473 g/mol. The monoisotopic (exact) mass is 472 g/mol. The van der Waals surface area contributed by atoms with Crippen molar-refractivity contribution in [3.05, 3.63) is 58.6 Å². The highest BCUT2D eigenvalue weighted by Gasteiger charge is 2.27. The predicted molar refractivity (Wildman–Crippen MR) is 123 cm³/mol. The molecule has 0 aliphatic carbocycles. The van der Waals surface area contributed by atoms with Crippen LogP contribution in [0.5, 0.6) is 0 Å². The number of imidazole rings is 1. The molecule has 1 N–H and O–H groups in total. The molecule has 33 heavy (non-hydrogen) atoms. The second-order valence-electron chi connectivity index (χ2n) is 8.83. The molecule has 0 radical (unpaired) electrons. The van der Waals surface area contributed by atoms with Gasteiger partial charge in [0.1, 0.15) is 11.5 Å². The number of amides is 1. The van der Waals surface area contributed by atoms with E-state index in [0.717, 1.165) is 18.8 Å². The number of aromatic nitrogens is 2. The highest BCUT2D eigenvalue weighted by molar-refractivity contribution is 6.30. The molecule has 0 spiro atoms. The van der Waals surface area contributed by atoms with Crippen molar-refractivity contribution in [3.63, 3.8) is 0 Å². The van der Waals surface area contributed by atoms with E-state index in [-0.39, 0.29) is 24.1 Å². The molecule has 1 amide bonds. The van der Waals surface area contributed by atoms with Crippen molar-refractivity contribution in [1.82, 2.24) is 19.2 Å². The summed E-state index contributed by atoms with van der Waals surface area (Å²) in [4.78, 5) is 21.2. The van der Waals surface area contributed by atoms with Crippen LogP contribution in [0, 0.1) is 5.82 Å². The minimum Gasteiger partial charge on any atom is -0.391 e. The standard InChI is InChI=1S/C24H26ClFN4O3/c1-28-8-9-33-18(14-28)12-21-23(27-22-11-16(25)4-7-30(21)22)19-3-2-15(10-20(19)26)24(32)29-6-5-17(31)13-29/h2-4,7,10-11,17-18,31H,5-6,8-9,12-14H2,1H3. The van der Waals surface area contributed by atoms with Crippen molar-refractivity contribution >= 4 is 23.2 Å². The SMILES string of the molecule is CN1CCOC(Cc2c(-c3ccc(C(=O)N4CCC(O)C4)cc3F)nc3cc(Cl)ccn23)C1. The van der Waals surface area contributed by atoms with Gasteiger partial charge in [-0.1, -0.05) is 11.6 Å². The van der Waals surface area contributed by atoms with Gasteiger partial charge in [-0.05, 0) is 37.7 Å². The van der Waals surface area contributed by atoms with Crippen molar-refractivity contribution < 1.29 is 19.0 Å². The van der Waals surface area contributed by atoms with Crippen molar-refractivity contribution in [2.75, 3.05) is 39.8 Å². The highest BCUT2D eigenvalue weighted by atomic mass is 35.5. The third-order valence-corrected chi connectivity index (χ3v) is 6.61. The molecule has 0 saturated carbocycles. The van der Waals surface area contributed by atoms with Crippen molar-refractivity contribution in [1.29, 1.82) is 0 Å². The second-order valence-corrected chi connectivity index (χ2v) is 9.26. The van der Waals surface area contributed by atoms with E-state index in [9.17, 15) is 9.90 Å². The van der Waals surface area contributed by atoms with Gasteiger partial charge in [-0.25, -0.2) is 9.37 Å². The number of hydrogen-bond acceptors (Lipinski definition) is 5. The van der Waals surface area contributed by atoms with E-state index in [4.69, 9.17) is 21.3 Å². The number of likely N-dealkylation sites (N-methyl/N-ethyl adjacent to an activating group) is 1. The molecule has 2 atom stereocenters. The van der Waals surface area contributed by atoms with Gasteiger partial charge in [0.25, 0.3) is 5.91 Å². The highest BCUT2D eigenvalue weighted by Crippen LogP contribution is 2.30. The van der Waals surface area contributed by atoms with Crippen LogP contribution < -0.4 is 0 Å². The van der Waals surface area contributed by atoms with E-state index in [2.05, 4.69) is 11.9 Å². The Balaban J connectivity index is 1.51. The molecule has 2 unspecified atom stereocenters. The van der Waals surface area contributed by atoms with Gasteiger partial charge in [-0.3, -0.25) is 4.79 Å². The molecule has 9 heteroatoms. The minimum absolute atomic E-state index is 0.0383. The van der Waals surface area contributed by atoms with Crippen LogP contribution >= 0.6 is 11.6 Å². The van der Waals surface area contributed by atoms with Gasteiger partial charge in [-0.15, -0.1) is 0 Å². The number of fused-ring (bicyclic) bond motifs is 1. The number of nitrogens with zero attached hydrogens (tertiary/aromatic N) is 4. The zero-order chi connectivity index (χ0) is 23.1. The Hall–Kier alpha value is -2.52. The van der Waals surface area contributed by atoms with Gasteiger partial charge in [-0.2, -0.15) is 0 Å². The number of β-amino-alcohol motifs (C(OH)–C–C–N with tert-alkyl or cyclic N) is 1. The number of carbonyl (C=O) groups is 1. The van der Waals surface area contributed by atoms with E-state index < -0.39 is 11.9 Å². The predicted octanol–water partition coefficient (Wildman–Crippen LogP) is 2.87. The van der Waals surface area contributed by atoms with Crippen LogP contribution in [0.25, 0.3) is 16.9 Å². The lowest BCUT2D eigenvalue weighted by Gasteiger charge is -2.30. The maximum Gasteiger partial charge on any atom is 0.254 e. The fourth-order valence-electron chi connectivity index (χ4n) is 4.64. The van der Waals surface area contributed by atoms with Crippen LogP contribution in [-0.4, -0.2) is 82.2 Å². The largest absolute Gasteiger partial charge is 0.391 e. The Kier molecular flexibility index (Phi) is 6.09. The summed E-state index contributed by atoms with van der Waals surface area (Å²) in [5, 5.41) is 10.3. The molecule has 174 valence electrons. The van der Waals surface area contributed by atoms with Gasteiger partial charge >= 0.3 is 0 Å². The summed E-state index contributed by atoms with van der Waals surface area (Å²) in [5.74, 6) is -0.796. The molecular weight excluding hydrogens is 447 g/mol. The maximum atomic E-state index is 15.4. The van der Waals surface area contributed by atoms with Crippen LogP contribution in [0.3, 0.4) is 0 Å². The fraction of sp³-hybridized carbons (Fsp3) is 0.417. The normalized spacial score (nSPS) is 21.8. The lowest BCUT2D eigenvalue weighted by molar-refractivity contribution is -0.0190. The molecule has 3 aromatic rings. The molecule has 2 aliphatic heterocycles. The van der Waals surface area contributed by atoms with Crippen molar-refractivity contribution in [2.24, 2.45) is 0 Å². The number of pyridine rings is 1. The molecule has 7 nitrogen and oxygen atoms in total. The first kappa shape index (κ1) is 22.3. The van der Waals surface area contributed by atoms with Gasteiger partial charge < -0.3 is 24.0 Å². The number of morpholine rings is 1. The molecule has 2 aliphatic rings. The molecular formula is C24H26ClFN4O3. The van der Waals surface area contributed by atoms with Gasteiger partial charge in [0.2, 0.25) is 0 Å². The zero-order valence-corrected chi connectivity index (χ0v) is 19.1. The van der Waals surface area contributed by atoms with Crippen molar-refractivity contribution in [2.45, 2.75) is 25.0 Å². The number of aliphatic hydroxyl groups excluding tert-OH is 1. The third kappa shape index (κ3) is 4.48. The number of ether oxygens (including phenoxy) is 1. The van der Waals surface area contributed by atoms with E-state index in [1.54, 1.807) is 29.2 Å². The number of likely N-dealkylation sites (tertiary alicyclic amines) is 1. The summed E-state index contributed by atoms with van der Waals surface area (Å²) >= 11 is 6.18. The molecule has 4 heterocycles. The van der Waals surface area contributed by atoms with Crippen LogP contribution in [0.15, 0.2) is 36.5 Å². The Morgan fingerprint density at radius 3 is 2.85 bits per heavy atom. The van der Waals surface area contributed by atoms with Crippen molar-refractivity contribution in [3.8, 4) is 11.3 Å². The topological polar surface area (TPSA) is 70.3 Å². The quantitative estimate of drug-likeness (QED) is 0.632. The first-order valence-corrected chi connectivity index (χ1v) is 11.5. The number of rotatable bonds is 4. The van der Waals surface area contributed by atoms with Gasteiger partial charge in [0, 0.05) is 61.0 Å². The lowest BCUT2D eigenvalue weighted by Crippen LogP contribution is -2.41. The average Bonchev–Trinajstić information content (AvgIpc) is 3.36. The molecule has 2 aromatic heterocycles. The molecule has 2 saturated heterocycles. The number of aliphatic hydroxyl groups is 1. The van der Waals surface area contributed by atoms with Crippen LogP contribution in [0.2, 0.25) is 5.02 Å². The number of benzene rings is 1. The third-order valence-electron chi connectivity index (χ3n) is 6.37. The Labute approximate surface area is 196 Å². The maximum absolute atomic E-state index is 15.4. The Morgan fingerprint density at radius 2 is 2.12 bits per heavy atom. The minimum atomic E-state index is -0.522. The van der Waals surface area contributed by atoms with E-state index in [1.807, 2.05) is 10.6 Å². The summed E-state index contributed by atoms with van der Waals surface area (Å²) in [5.41, 5.74) is 2.56. The molecule has 0 bridgehead atoms. The summed E-state index contributed by atoms with van der Waals surface area (Å²) < 4.78 is 23.2.